The standard InChI is InChI=1S/C19H22N2O6/c1-11(19(25)26)9-20(2)16(22)12-5-6-14-15(8-12)18(24)21(17(14)23)10-13-4-3-7-27-13/h5-6,8,11,13H,3-4,7,9-10H2,1-2H3,(H,25,26). The third kappa shape index (κ3) is 3.71. The van der Waals surface area contributed by atoms with Crippen LogP contribution in [-0.4, -0.2) is 71.4 Å². The van der Waals surface area contributed by atoms with Crippen molar-refractivity contribution >= 4 is 23.7 Å². The second kappa shape index (κ2) is 7.48. The summed E-state index contributed by atoms with van der Waals surface area (Å²) in [6.45, 7) is 2.41. The summed E-state index contributed by atoms with van der Waals surface area (Å²) in [4.78, 5) is 51.2. The van der Waals surface area contributed by atoms with Crippen LogP contribution in [0, 0.1) is 5.92 Å². The monoisotopic (exact) mass is 374 g/mol. The molecule has 0 aromatic heterocycles. The molecule has 2 aliphatic heterocycles. The van der Waals surface area contributed by atoms with Crippen molar-refractivity contribution in [3.63, 3.8) is 0 Å². The third-order valence-electron chi connectivity index (χ3n) is 4.94. The minimum atomic E-state index is -0.992. The van der Waals surface area contributed by atoms with Crippen LogP contribution in [0.15, 0.2) is 18.2 Å². The average Bonchev–Trinajstić information content (AvgIpc) is 3.24. The number of benzene rings is 1. The second-order valence-corrected chi connectivity index (χ2v) is 7.04. The Balaban J connectivity index is 1.77. The molecule has 3 amide bonds. The largest absolute Gasteiger partial charge is 0.481 e. The van der Waals surface area contributed by atoms with Crippen LogP contribution in [0.3, 0.4) is 0 Å². The number of fused-ring (bicyclic) bond motifs is 1. The zero-order valence-electron chi connectivity index (χ0n) is 15.3. The lowest BCUT2D eigenvalue weighted by Gasteiger charge is -2.19. The second-order valence-electron chi connectivity index (χ2n) is 7.04. The quantitative estimate of drug-likeness (QED) is 0.752. The molecule has 1 saturated heterocycles. The lowest BCUT2D eigenvalue weighted by molar-refractivity contribution is -0.141. The number of carbonyl (C=O) groups is 4. The molecule has 2 heterocycles. The van der Waals surface area contributed by atoms with E-state index < -0.39 is 23.7 Å². The number of carboxylic acid groups (broad SMARTS) is 1. The summed E-state index contributed by atoms with van der Waals surface area (Å²) in [5.74, 6) is -2.91. The van der Waals surface area contributed by atoms with Gasteiger partial charge in [0.25, 0.3) is 17.7 Å². The Bertz CT molecular complexity index is 799. The Kier molecular flexibility index (Phi) is 5.27. The van der Waals surface area contributed by atoms with Gasteiger partial charge >= 0.3 is 5.97 Å². The molecule has 0 aliphatic carbocycles. The van der Waals surface area contributed by atoms with Crippen molar-refractivity contribution in [1.82, 2.24) is 9.80 Å². The van der Waals surface area contributed by atoms with E-state index in [2.05, 4.69) is 0 Å². The van der Waals surface area contributed by atoms with Crippen LogP contribution in [0.5, 0.6) is 0 Å². The Morgan fingerprint density at radius 3 is 2.63 bits per heavy atom. The first-order valence-electron chi connectivity index (χ1n) is 8.89. The van der Waals surface area contributed by atoms with E-state index in [9.17, 15) is 19.2 Å². The molecule has 2 aliphatic rings. The summed E-state index contributed by atoms with van der Waals surface area (Å²) in [5.41, 5.74) is 0.716. The van der Waals surface area contributed by atoms with Gasteiger partial charge in [0.15, 0.2) is 0 Å². The van der Waals surface area contributed by atoms with Crippen molar-refractivity contribution in [2.45, 2.75) is 25.9 Å². The van der Waals surface area contributed by atoms with Crippen LogP contribution < -0.4 is 0 Å². The minimum Gasteiger partial charge on any atom is -0.481 e. The van der Waals surface area contributed by atoms with Gasteiger partial charge in [-0.25, -0.2) is 0 Å². The maximum atomic E-state index is 12.7. The van der Waals surface area contributed by atoms with E-state index in [0.29, 0.717) is 6.61 Å². The lowest BCUT2D eigenvalue weighted by Crippen LogP contribution is -2.36. The van der Waals surface area contributed by atoms with Crippen molar-refractivity contribution in [2.75, 3.05) is 26.7 Å². The summed E-state index contributed by atoms with van der Waals surface area (Å²) >= 11 is 0. The van der Waals surface area contributed by atoms with Gasteiger partial charge in [0.05, 0.1) is 29.7 Å². The first-order valence-corrected chi connectivity index (χ1v) is 8.89. The topological polar surface area (TPSA) is 104 Å². The smallest absolute Gasteiger partial charge is 0.308 e. The van der Waals surface area contributed by atoms with Crippen LogP contribution in [0.2, 0.25) is 0 Å². The van der Waals surface area contributed by atoms with Crippen LogP contribution in [-0.2, 0) is 9.53 Å². The number of carboxylic acids is 1. The summed E-state index contributed by atoms with van der Waals surface area (Å²) in [6, 6.07) is 4.38. The highest BCUT2D eigenvalue weighted by Gasteiger charge is 2.38. The van der Waals surface area contributed by atoms with Crippen LogP contribution in [0.1, 0.15) is 50.8 Å². The number of nitrogens with zero attached hydrogens (tertiary/aromatic N) is 2. The number of amides is 3. The number of carbonyl (C=O) groups excluding carboxylic acids is 3. The third-order valence-corrected chi connectivity index (χ3v) is 4.94. The highest BCUT2D eigenvalue weighted by atomic mass is 16.5. The van der Waals surface area contributed by atoms with E-state index >= 15 is 0 Å². The molecular weight excluding hydrogens is 352 g/mol. The summed E-state index contributed by atoms with van der Waals surface area (Å²) in [7, 11) is 1.51. The Morgan fingerprint density at radius 1 is 1.30 bits per heavy atom. The van der Waals surface area contributed by atoms with Gasteiger partial charge in [-0.2, -0.15) is 0 Å². The summed E-state index contributed by atoms with van der Waals surface area (Å²) < 4.78 is 5.51. The number of rotatable bonds is 6. The average molecular weight is 374 g/mol. The van der Waals surface area contributed by atoms with Gasteiger partial charge < -0.3 is 14.7 Å². The van der Waals surface area contributed by atoms with E-state index in [0.717, 1.165) is 12.8 Å². The summed E-state index contributed by atoms with van der Waals surface area (Å²) in [6.07, 6.45) is 1.58. The summed E-state index contributed by atoms with van der Waals surface area (Å²) in [5, 5.41) is 8.98. The fraction of sp³-hybridized carbons (Fsp3) is 0.474. The molecule has 2 unspecified atom stereocenters. The van der Waals surface area contributed by atoms with Crippen molar-refractivity contribution in [2.24, 2.45) is 5.92 Å². The zero-order chi connectivity index (χ0) is 19.7. The molecule has 8 heteroatoms. The molecule has 1 aromatic carbocycles. The van der Waals surface area contributed by atoms with E-state index in [1.807, 2.05) is 0 Å². The lowest BCUT2D eigenvalue weighted by atomic mass is 10.0. The predicted octanol–water partition coefficient (Wildman–Crippen LogP) is 1.25. The molecule has 1 N–H and O–H groups in total. The number of imide groups is 1. The van der Waals surface area contributed by atoms with Crippen molar-refractivity contribution in [3.05, 3.63) is 34.9 Å². The maximum Gasteiger partial charge on any atom is 0.308 e. The molecule has 1 fully saturated rings. The maximum absolute atomic E-state index is 12.7. The SMILES string of the molecule is CC(CN(C)C(=O)c1ccc2c(c1)C(=O)N(CC1CCCO1)C2=O)C(=O)O. The van der Waals surface area contributed by atoms with Gasteiger partial charge in [-0.3, -0.25) is 24.1 Å². The molecule has 0 spiro atoms. The highest BCUT2D eigenvalue weighted by molar-refractivity contribution is 6.22. The number of aliphatic carboxylic acids is 1. The molecule has 1 aromatic rings. The van der Waals surface area contributed by atoms with E-state index in [1.165, 1.54) is 42.0 Å². The van der Waals surface area contributed by atoms with E-state index in [4.69, 9.17) is 9.84 Å². The highest BCUT2D eigenvalue weighted by Crippen LogP contribution is 2.26. The van der Waals surface area contributed by atoms with E-state index in [-0.39, 0.29) is 41.8 Å². The van der Waals surface area contributed by atoms with Gasteiger partial charge in [0.2, 0.25) is 0 Å². The van der Waals surface area contributed by atoms with Crippen molar-refractivity contribution < 1.29 is 29.0 Å². The molecular formula is C19H22N2O6. The first kappa shape index (κ1) is 19.0. The van der Waals surface area contributed by atoms with Gasteiger partial charge in [-0.1, -0.05) is 6.92 Å². The van der Waals surface area contributed by atoms with Crippen LogP contribution in [0.25, 0.3) is 0 Å². The van der Waals surface area contributed by atoms with Crippen molar-refractivity contribution in [3.8, 4) is 0 Å². The fourth-order valence-electron chi connectivity index (χ4n) is 3.37. The van der Waals surface area contributed by atoms with E-state index in [1.54, 1.807) is 0 Å². The molecule has 0 radical (unpaired) electrons. The van der Waals surface area contributed by atoms with Crippen LogP contribution in [0.4, 0.5) is 0 Å². The molecule has 2 atom stereocenters. The molecule has 0 bridgehead atoms. The zero-order valence-corrected chi connectivity index (χ0v) is 15.3. The van der Waals surface area contributed by atoms with Gasteiger partial charge in [0.1, 0.15) is 0 Å². The minimum absolute atomic E-state index is 0.0449. The molecule has 3 rings (SSSR count). The van der Waals surface area contributed by atoms with Gasteiger partial charge in [-0.05, 0) is 31.0 Å². The van der Waals surface area contributed by atoms with Gasteiger partial charge in [-0.15, -0.1) is 0 Å². The predicted molar refractivity (Wildman–Crippen MR) is 94.5 cm³/mol. The van der Waals surface area contributed by atoms with Crippen LogP contribution >= 0.6 is 0 Å². The number of ether oxygens (including phenoxy) is 1. The first-order chi connectivity index (χ1) is 12.8. The molecule has 0 saturated carbocycles. The fourth-order valence-corrected chi connectivity index (χ4v) is 3.37. The Morgan fingerprint density at radius 2 is 2.00 bits per heavy atom. The normalized spacial score (nSPS) is 19.9. The van der Waals surface area contributed by atoms with Gasteiger partial charge in [0, 0.05) is 25.8 Å². The molecule has 27 heavy (non-hydrogen) atoms. The number of hydrogen-bond donors (Lipinski definition) is 1. The number of hydrogen-bond acceptors (Lipinski definition) is 5. The van der Waals surface area contributed by atoms with Crippen molar-refractivity contribution in [1.29, 1.82) is 0 Å². The molecule has 144 valence electrons. The Labute approximate surface area is 156 Å². The Hall–Kier alpha value is -2.74. The molecule has 8 nitrogen and oxygen atoms in total.